The molecule has 0 atom stereocenters. The van der Waals surface area contributed by atoms with Gasteiger partial charge in [0, 0.05) is 28.3 Å². The fraction of sp³-hybridized carbons (Fsp3) is 0.250. The molecule has 1 heterocycles. The van der Waals surface area contributed by atoms with Crippen LogP contribution in [0.15, 0.2) is 40.2 Å². The van der Waals surface area contributed by atoms with E-state index in [-0.39, 0.29) is 6.61 Å². The van der Waals surface area contributed by atoms with E-state index in [0.717, 1.165) is 15.3 Å². The molecular weight excluding hydrogens is 300 g/mol. The molecule has 1 aromatic carbocycles. The number of imidazole rings is 1. The number of aryl methyl sites for hydroxylation is 1. The van der Waals surface area contributed by atoms with E-state index in [1.807, 2.05) is 22.9 Å². The molecule has 0 saturated heterocycles. The number of rotatable bonds is 4. The highest BCUT2D eigenvalue weighted by Crippen LogP contribution is 2.23. The van der Waals surface area contributed by atoms with Crippen LogP contribution in [-0.2, 0) is 0 Å². The molecule has 0 aliphatic carbocycles. The second kappa shape index (κ2) is 5.71. The number of benzene rings is 1. The van der Waals surface area contributed by atoms with E-state index in [4.69, 9.17) is 5.11 Å². The topological polar surface area (TPSA) is 38.0 Å². The van der Waals surface area contributed by atoms with Gasteiger partial charge in [0.2, 0.25) is 0 Å². The molecule has 0 aliphatic rings. The highest BCUT2D eigenvalue weighted by Gasteiger charge is 2.06. The van der Waals surface area contributed by atoms with Crippen molar-refractivity contribution >= 4 is 27.7 Å². The van der Waals surface area contributed by atoms with Crippen LogP contribution < -0.4 is 0 Å². The van der Waals surface area contributed by atoms with Crippen LogP contribution in [0.2, 0.25) is 0 Å². The zero-order valence-electron chi connectivity index (χ0n) is 9.43. The van der Waals surface area contributed by atoms with Gasteiger partial charge in [0.25, 0.3) is 0 Å². The lowest BCUT2D eigenvalue weighted by atomic mass is 10.2. The molecule has 0 radical (unpaired) electrons. The Balaban J connectivity index is 2.32. The minimum Gasteiger partial charge on any atom is -0.396 e. The van der Waals surface area contributed by atoms with Gasteiger partial charge in [0.05, 0.1) is 6.61 Å². The predicted octanol–water partition coefficient (Wildman–Crippen LogP) is 3.03. The zero-order valence-corrected chi connectivity index (χ0v) is 11.8. The first-order valence-corrected chi connectivity index (χ1v) is 7.04. The first-order chi connectivity index (χ1) is 8.22. The number of hydrogen-bond acceptors (Lipinski definition) is 3. The predicted molar refractivity (Wildman–Crippen MR) is 73.8 cm³/mol. The van der Waals surface area contributed by atoms with E-state index >= 15 is 0 Å². The Morgan fingerprint density at radius 3 is 3.00 bits per heavy atom. The lowest BCUT2D eigenvalue weighted by molar-refractivity contribution is 0.322. The maximum absolute atomic E-state index is 8.84. The van der Waals surface area contributed by atoms with Crippen LogP contribution in [0.4, 0.5) is 0 Å². The Kier molecular flexibility index (Phi) is 4.25. The monoisotopic (exact) mass is 312 g/mol. The van der Waals surface area contributed by atoms with Gasteiger partial charge in [-0.3, -0.25) is 4.57 Å². The van der Waals surface area contributed by atoms with Gasteiger partial charge in [0.1, 0.15) is 0 Å². The maximum atomic E-state index is 8.84. The third-order valence-corrected chi connectivity index (χ3v) is 4.19. The zero-order chi connectivity index (χ0) is 12.3. The average Bonchev–Trinajstić information content (AvgIpc) is 2.78. The minimum absolute atomic E-state index is 0.164. The van der Waals surface area contributed by atoms with Crippen molar-refractivity contribution < 1.29 is 5.11 Å². The van der Waals surface area contributed by atoms with Gasteiger partial charge in [-0.05, 0) is 30.7 Å². The summed E-state index contributed by atoms with van der Waals surface area (Å²) in [7, 11) is 0. The Hall–Kier alpha value is -0.780. The van der Waals surface area contributed by atoms with Crippen molar-refractivity contribution in [2.75, 3.05) is 12.4 Å². The molecule has 0 aliphatic heterocycles. The first kappa shape index (κ1) is 12.7. The van der Waals surface area contributed by atoms with Gasteiger partial charge < -0.3 is 5.11 Å². The summed E-state index contributed by atoms with van der Waals surface area (Å²) in [4.78, 5) is 4.29. The standard InChI is InChI=1S/C12H13BrN2OS/c1-9-8-10(2-3-11(9)13)15-5-4-14-12(15)17-7-6-16/h2-5,8,16H,6-7H2,1H3. The van der Waals surface area contributed by atoms with Crippen molar-refractivity contribution in [2.45, 2.75) is 12.1 Å². The van der Waals surface area contributed by atoms with E-state index in [1.54, 1.807) is 18.0 Å². The SMILES string of the molecule is Cc1cc(-n2ccnc2SCCO)ccc1Br. The van der Waals surface area contributed by atoms with Gasteiger partial charge in [-0.2, -0.15) is 0 Å². The molecule has 2 rings (SSSR count). The summed E-state index contributed by atoms with van der Waals surface area (Å²) < 4.78 is 3.13. The van der Waals surface area contributed by atoms with Crippen molar-refractivity contribution in [3.63, 3.8) is 0 Å². The third-order valence-electron chi connectivity index (χ3n) is 2.35. The molecule has 3 nitrogen and oxygen atoms in total. The summed E-state index contributed by atoms with van der Waals surface area (Å²) >= 11 is 5.04. The van der Waals surface area contributed by atoms with Crippen molar-refractivity contribution in [3.05, 3.63) is 40.6 Å². The highest BCUT2D eigenvalue weighted by atomic mass is 79.9. The van der Waals surface area contributed by atoms with Crippen molar-refractivity contribution in [1.82, 2.24) is 9.55 Å². The molecular formula is C12H13BrN2OS. The minimum atomic E-state index is 0.164. The Morgan fingerprint density at radius 1 is 1.47 bits per heavy atom. The van der Waals surface area contributed by atoms with Gasteiger partial charge in [-0.15, -0.1) is 0 Å². The second-order valence-electron chi connectivity index (χ2n) is 3.59. The number of aromatic nitrogens is 2. The normalized spacial score (nSPS) is 10.8. The van der Waals surface area contributed by atoms with Crippen LogP contribution in [0, 0.1) is 6.92 Å². The fourth-order valence-electron chi connectivity index (χ4n) is 1.51. The van der Waals surface area contributed by atoms with E-state index in [2.05, 4.69) is 33.9 Å². The highest BCUT2D eigenvalue weighted by molar-refractivity contribution is 9.10. The number of nitrogens with zero attached hydrogens (tertiary/aromatic N) is 2. The van der Waals surface area contributed by atoms with Crippen LogP contribution in [0.5, 0.6) is 0 Å². The molecule has 0 bridgehead atoms. The number of aliphatic hydroxyl groups excluding tert-OH is 1. The van der Waals surface area contributed by atoms with Gasteiger partial charge >= 0.3 is 0 Å². The van der Waals surface area contributed by atoms with Gasteiger partial charge in [-0.1, -0.05) is 27.7 Å². The van der Waals surface area contributed by atoms with Gasteiger partial charge in [0.15, 0.2) is 5.16 Å². The fourth-order valence-corrected chi connectivity index (χ4v) is 2.47. The van der Waals surface area contributed by atoms with Crippen LogP contribution in [0.3, 0.4) is 0 Å². The molecule has 5 heteroatoms. The van der Waals surface area contributed by atoms with E-state index in [9.17, 15) is 0 Å². The summed E-state index contributed by atoms with van der Waals surface area (Å²) in [6.07, 6.45) is 3.71. The molecule has 90 valence electrons. The quantitative estimate of drug-likeness (QED) is 0.882. The molecule has 1 N–H and O–H groups in total. The molecule has 2 aromatic rings. The molecule has 0 fully saturated rings. The number of halogens is 1. The van der Waals surface area contributed by atoms with Crippen molar-refractivity contribution in [3.8, 4) is 5.69 Å². The largest absolute Gasteiger partial charge is 0.396 e. The van der Waals surface area contributed by atoms with E-state index in [0.29, 0.717) is 5.75 Å². The van der Waals surface area contributed by atoms with E-state index < -0.39 is 0 Å². The molecule has 0 amide bonds. The Morgan fingerprint density at radius 2 is 2.29 bits per heavy atom. The van der Waals surface area contributed by atoms with Gasteiger partial charge in [-0.25, -0.2) is 4.98 Å². The first-order valence-electron chi connectivity index (χ1n) is 5.26. The molecule has 0 saturated carbocycles. The summed E-state index contributed by atoms with van der Waals surface area (Å²) in [5.41, 5.74) is 2.28. The van der Waals surface area contributed by atoms with Crippen LogP contribution in [-0.4, -0.2) is 27.0 Å². The van der Waals surface area contributed by atoms with E-state index in [1.165, 1.54) is 5.56 Å². The maximum Gasteiger partial charge on any atom is 0.172 e. The average molecular weight is 313 g/mol. The van der Waals surface area contributed by atoms with Crippen LogP contribution >= 0.6 is 27.7 Å². The molecule has 0 spiro atoms. The molecule has 0 unspecified atom stereocenters. The molecule has 17 heavy (non-hydrogen) atoms. The lowest BCUT2D eigenvalue weighted by Crippen LogP contribution is -1.97. The smallest absolute Gasteiger partial charge is 0.172 e. The summed E-state index contributed by atoms with van der Waals surface area (Å²) in [6, 6.07) is 6.18. The summed E-state index contributed by atoms with van der Waals surface area (Å²) in [5, 5.41) is 9.75. The second-order valence-corrected chi connectivity index (χ2v) is 5.50. The summed E-state index contributed by atoms with van der Waals surface area (Å²) in [6.45, 7) is 2.22. The van der Waals surface area contributed by atoms with Crippen molar-refractivity contribution in [2.24, 2.45) is 0 Å². The number of hydrogen-bond donors (Lipinski definition) is 1. The Labute approximate surface area is 113 Å². The lowest BCUT2D eigenvalue weighted by Gasteiger charge is -2.08. The van der Waals surface area contributed by atoms with Crippen LogP contribution in [0.1, 0.15) is 5.56 Å². The van der Waals surface area contributed by atoms with Crippen molar-refractivity contribution in [1.29, 1.82) is 0 Å². The molecule has 1 aromatic heterocycles. The van der Waals surface area contributed by atoms with Crippen LogP contribution in [0.25, 0.3) is 5.69 Å². The third kappa shape index (κ3) is 2.91. The number of thioether (sulfide) groups is 1. The Bertz CT molecular complexity index is 513. The number of aliphatic hydroxyl groups is 1. The summed E-state index contributed by atoms with van der Waals surface area (Å²) in [5.74, 6) is 0.659.